The summed E-state index contributed by atoms with van der Waals surface area (Å²) < 4.78 is 4.65. The van der Waals surface area contributed by atoms with Crippen LogP contribution in [-0.4, -0.2) is 47.0 Å². The molecule has 82 valence electrons. The zero-order valence-electron chi connectivity index (χ0n) is 8.86. The van der Waals surface area contributed by atoms with E-state index in [0.29, 0.717) is 11.4 Å². The molecule has 1 aliphatic heterocycles. The molecule has 1 atom stereocenters. The standard InChI is InChI=1S/C9H14N4O2/c1-13-5-3-4-6(13)7-8(9(14)15-2)11-12-10-7/h6H,3-5H2,1-2H3,(H,10,11,12). The first kappa shape index (κ1) is 10.1. The molecule has 0 saturated carbocycles. The van der Waals surface area contributed by atoms with E-state index in [1.54, 1.807) is 0 Å². The van der Waals surface area contributed by atoms with Gasteiger partial charge in [0.05, 0.1) is 13.2 Å². The van der Waals surface area contributed by atoms with Crippen LogP contribution in [0.25, 0.3) is 0 Å². The molecule has 0 bridgehead atoms. The monoisotopic (exact) mass is 210 g/mol. The number of nitrogens with zero attached hydrogens (tertiary/aromatic N) is 3. The second kappa shape index (κ2) is 3.98. The van der Waals surface area contributed by atoms with Gasteiger partial charge in [-0.1, -0.05) is 0 Å². The van der Waals surface area contributed by atoms with E-state index >= 15 is 0 Å². The Bertz CT molecular complexity index is 363. The van der Waals surface area contributed by atoms with Crippen LogP contribution in [0.4, 0.5) is 0 Å². The Morgan fingerprint density at radius 2 is 2.40 bits per heavy atom. The third-order valence-electron chi connectivity index (χ3n) is 2.79. The molecule has 1 fully saturated rings. The molecule has 1 aromatic rings. The number of aromatic nitrogens is 3. The van der Waals surface area contributed by atoms with Crippen molar-refractivity contribution < 1.29 is 9.53 Å². The lowest BCUT2D eigenvalue weighted by Gasteiger charge is -2.17. The predicted molar refractivity (Wildman–Crippen MR) is 52.3 cm³/mol. The molecule has 0 radical (unpaired) electrons. The number of rotatable bonds is 2. The molecule has 1 saturated heterocycles. The molecule has 1 aliphatic rings. The predicted octanol–water partition coefficient (Wildman–Crippen LogP) is 0.358. The van der Waals surface area contributed by atoms with Crippen molar-refractivity contribution in [3.63, 3.8) is 0 Å². The van der Waals surface area contributed by atoms with Crippen molar-refractivity contribution in [1.29, 1.82) is 0 Å². The molecule has 6 nitrogen and oxygen atoms in total. The SMILES string of the molecule is COC(=O)c1n[nH]nc1C1CCCN1C. The fourth-order valence-corrected chi connectivity index (χ4v) is 1.97. The Balaban J connectivity index is 2.28. The van der Waals surface area contributed by atoms with Gasteiger partial charge in [-0.15, -0.1) is 5.10 Å². The number of H-pyrrole nitrogens is 1. The maximum absolute atomic E-state index is 11.4. The highest BCUT2D eigenvalue weighted by atomic mass is 16.5. The summed E-state index contributed by atoms with van der Waals surface area (Å²) in [5, 5.41) is 10.4. The number of likely N-dealkylation sites (tertiary alicyclic amines) is 1. The quantitative estimate of drug-likeness (QED) is 0.713. The van der Waals surface area contributed by atoms with E-state index < -0.39 is 5.97 Å². The van der Waals surface area contributed by atoms with Crippen LogP contribution in [0.5, 0.6) is 0 Å². The Kier molecular flexibility index (Phi) is 2.68. The molecule has 2 rings (SSSR count). The van der Waals surface area contributed by atoms with Crippen molar-refractivity contribution in [3.8, 4) is 0 Å². The molecule has 0 amide bonds. The normalized spacial score (nSPS) is 21.9. The van der Waals surface area contributed by atoms with Gasteiger partial charge in [-0.2, -0.15) is 10.3 Å². The second-order valence-corrected chi connectivity index (χ2v) is 3.69. The average Bonchev–Trinajstić information content (AvgIpc) is 2.84. The van der Waals surface area contributed by atoms with Gasteiger partial charge in [0.1, 0.15) is 5.69 Å². The van der Waals surface area contributed by atoms with Crippen molar-refractivity contribution in [1.82, 2.24) is 20.3 Å². The summed E-state index contributed by atoms with van der Waals surface area (Å²) in [4.78, 5) is 13.6. The fourth-order valence-electron chi connectivity index (χ4n) is 1.97. The minimum Gasteiger partial charge on any atom is -0.464 e. The lowest BCUT2D eigenvalue weighted by Crippen LogP contribution is -2.20. The summed E-state index contributed by atoms with van der Waals surface area (Å²) in [5.74, 6) is -0.431. The van der Waals surface area contributed by atoms with Crippen molar-refractivity contribution in [2.24, 2.45) is 0 Å². The number of hydrogen-bond acceptors (Lipinski definition) is 5. The highest BCUT2D eigenvalue weighted by Crippen LogP contribution is 2.30. The lowest BCUT2D eigenvalue weighted by molar-refractivity contribution is 0.0590. The number of carbonyl (C=O) groups excluding carboxylic acids is 1. The van der Waals surface area contributed by atoms with E-state index in [1.807, 2.05) is 7.05 Å². The Morgan fingerprint density at radius 1 is 1.60 bits per heavy atom. The number of hydrogen-bond donors (Lipinski definition) is 1. The van der Waals surface area contributed by atoms with Crippen LogP contribution in [0, 0.1) is 0 Å². The molecule has 6 heteroatoms. The van der Waals surface area contributed by atoms with E-state index in [2.05, 4.69) is 25.0 Å². The first-order chi connectivity index (χ1) is 7.24. The largest absolute Gasteiger partial charge is 0.464 e. The van der Waals surface area contributed by atoms with Gasteiger partial charge in [-0.05, 0) is 26.4 Å². The van der Waals surface area contributed by atoms with Gasteiger partial charge < -0.3 is 4.74 Å². The summed E-state index contributed by atoms with van der Waals surface area (Å²) in [5.41, 5.74) is 0.998. The zero-order valence-corrected chi connectivity index (χ0v) is 8.86. The first-order valence-corrected chi connectivity index (χ1v) is 4.93. The number of ether oxygens (including phenoxy) is 1. The van der Waals surface area contributed by atoms with Gasteiger partial charge in [-0.25, -0.2) is 4.79 Å². The van der Waals surface area contributed by atoms with Gasteiger partial charge in [0.15, 0.2) is 5.69 Å². The van der Waals surface area contributed by atoms with Gasteiger partial charge >= 0.3 is 5.97 Å². The van der Waals surface area contributed by atoms with Gasteiger partial charge in [0, 0.05) is 0 Å². The summed E-state index contributed by atoms with van der Waals surface area (Å²) in [6.45, 7) is 1.03. The summed E-state index contributed by atoms with van der Waals surface area (Å²) in [6, 6.07) is 0.179. The fraction of sp³-hybridized carbons (Fsp3) is 0.667. The molecule has 0 spiro atoms. The number of nitrogens with one attached hydrogen (secondary N) is 1. The van der Waals surface area contributed by atoms with Crippen molar-refractivity contribution in [2.45, 2.75) is 18.9 Å². The summed E-state index contributed by atoms with van der Waals surface area (Å²) >= 11 is 0. The highest BCUT2D eigenvalue weighted by molar-refractivity contribution is 5.88. The molecule has 2 heterocycles. The Labute approximate surface area is 87.6 Å². The van der Waals surface area contributed by atoms with Crippen LogP contribution in [0.1, 0.15) is 35.1 Å². The molecule has 0 aromatic carbocycles. The van der Waals surface area contributed by atoms with Crippen molar-refractivity contribution >= 4 is 5.97 Å². The minimum absolute atomic E-state index is 0.179. The van der Waals surface area contributed by atoms with Crippen LogP contribution in [-0.2, 0) is 4.74 Å². The number of aromatic amines is 1. The van der Waals surface area contributed by atoms with Crippen LogP contribution < -0.4 is 0 Å². The van der Waals surface area contributed by atoms with Crippen LogP contribution in [0.15, 0.2) is 0 Å². The number of carbonyl (C=O) groups is 1. The summed E-state index contributed by atoms with van der Waals surface area (Å²) in [6.07, 6.45) is 2.13. The van der Waals surface area contributed by atoms with E-state index in [4.69, 9.17) is 0 Å². The smallest absolute Gasteiger partial charge is 0.360 e. The zero-order chi connectivity index (χ0) is 10.8. The molecule has 1 aromatic heterocycles. The van der Waals surface area contributed by atoms with E-state index in [-0.39, 0.29) is 6.04 Å². The first-order valence-electron chi connectivity index (χ1n) is 4.93. The molecule has 1 N–H and O–H groups in total. The number of methoxy groups -OCH3 is 1. The molecule has 15 heavy (non-hydrogen) atoms. The lowest BCUT2D eigenvalue weighted by atomic mass is 10.1. The van der Waals surface area contributed by atoms with E-state index in [1.165, 1.54) is 7.11 Å². The maximum Gasteiger partial charge on any atom is 0.360 e. The van der Waals surface area contributed by atoms with Gasteiger partial charge in [0.25, 0.3) is 0 Å². The molecule has 1 unspecified atom stereocenters. The molecular weight excluding hydrogens is 196 g/mol. The summed E-state index contributed by atoms with van der Waals surface area (Å²) in [7, 11) is 3.37. The second-order valence-electron chi connectivity index (χ2n) is 3.69. The third-order valence-corrected chi connectivity index (χ3v) is 2.79. The average molecular weight is 210 g/mol. The van der Waals surface area contributed by atoms with E-state index in [0.717, 1.165) is 19.4 Å². The van der Waals surface area contributed by atoms with Crippen molar-refractivity contribution in [3.05, 3.63) is 11.4 Å². The minimum atomic E-state index is -0.431. The number of esters is 1. The Hall–Kier alpha value is -1.43. The molecule has 0 aliphatic carbocycles. The van der Waals surface area contributed by atoms with Crippen LogP contribution in [0.2, 0.25) is 0 Å². The van der Waals surface area contributed by atoms with Crippen molar-refractivity contribution in [2.75, 3.05) is 20.7 Å². The topological polar surface area (TPSA) is 71.1 Å². The third kappa shape index (κ3) is 1.72. The van der Waals surface area contributed by atoms with Crippen LogP contribution >= 0.6 is 0 Å². The van der Waals surface area contributed by atoms with Gasteiger partial charge in [0.2, 0.25) is 0 Å². The van der Waals surface area contributed by atoms with E-state index in [9.17, 15) is 4.79 Å². The molecular formula is C9H14N4O2. The van der Waals surface area contributed by atoms with Gasteiger partial charge in [-0.3, -0.25) is 4.90 Å². The highest BCUT2D eigenvalue weighted by Gasteiger charge is 2.30. The maximum atomic E-state index is 11.4. The van der Waals surface area contributed by atoms with Crippen LogP contribution in [0.3, 0.4) is 0 Å². The Morgan fingerprint density at radius 3 is 3.00 bits per heavy atom.